The average molecular weight is 373 g/mol. The summed E-state index contributed by atoms with van der Waals surface area (Å²) in [6.07, 6.45) is 3.49. The van der Waals surface area contributed by atoms with Crippen molar-refractivity contribution in [1.29, 1.82) is 5.41 Å². The van der Waals surface area contributed by atoms with Gasteiger partial charge in [0.2, 0.25) is 0 Å². The Hall–Kier alpha value is -2.65. The fourth-order valence-corrected chi connectivity index (χ4v) is 3.42. The van der Waals surface area contributed by atoms with E-state index in [1.807, 2.05) is 13.8 Å². The van der Waals surface area contributed by atoms with Gasteiger partial charge >= 0.3 is 0 Å². The molecule has 0 bridgehead atoms. The van der Waals surface area contributed by atoms with Crippen molar-refractivity contribution in [3.63, 3.8) is 0 Å². The maximum absolute atomic E-state index is 7.55. The molecule has 8 nitrogen and oxygen atoms in total. The van der Waals surface area contributed by atoms with Crippen LogP contribution in [0.15, 0.2) is 39.7 Å². The molecular weight excluding hydrogens is 348 g/mol. The van der Waals surface area contributed by atoms with Crippen LogP contribution in [-0.2, 0) is 6.42 Å². The Morgan fingerprint density at radius 1 is 1.31 bits per heavy atom. The molecule has 2 aromatic rings. The van der Waals surface area contributed by atoms with Crippen molar-refractivity contribution in [2.75, 3.05) is 0 Å². The molecular formula is C17H24N8S. The first-order valence-corrected chi connectivity index (χ1v) is 9.14. The molecule has 26 heavy (non-hydrogen) atoms. The average Bonchev–Trinajstić information content (AvgIpc) is 3.02. The van der Waals surface area contributed by atoms with Crippen molar-refractivity contribution in [1.82, 2.24) is 10.1 Å². The van der Waals surface area contributed by atoms with Crippen LogP contribution in [0.5, 0.6) is 0 Å². The van der Waals surface area contributed by atoms with E-state index < -0.39 is 0 Å². The summed E-state index contributed by atoms with van der Waals surface area (Å²) in [5.74, 6) is 10.2. The lowest BCUT2D eigenvalue weighted by Gasteiger charge is -2.09. The molecule has 1 heterocycles. The zero-order valence-corrected chi connectivity index (χ0v) is 16.0. The summed E-state index contributed by atoms with van der Waals surface area (Å²) in [6.45, 7) is 5.93. The lowest BCUT2D eigenvalue weighted by molar-refractivity contribution is 0.458. The van der Waals surface area contributed by atoms with Gasteiger partial charge in [-0.15, -0.1) is 11.3 Å². The SMILES string of the molecule is CCCCc1ccc(-c2nc(C)c(/C(C)=N/N(N)C(=N)N=NN)s2)cc1. The summed E-state index contributed by atoms with van der Waals surface area (Å²) in [5.41, 5.74) is 3.92. The van der Waals surface area contributed by atoms with Crippen LogP contribution in [0.4, 0.5) is 0 Å². The molecule has 0 radical (unpaired) electrons. The fourth-order valence-electron chi connectivity index (χ4n) is 2.41. The van der Waals surface area contributed by atoms with E-state index in [4.69, 9.17) is 17.1 Å². The van der Waals surface area contributed by atoms with Gasteiger partial charge in [0.1, 0.15) is 5.01 Å². The van der Waals surface area contributed by atoms with Crippen LogP contribution in [0, 0.1) is 12.3 Å². The van der Waals surface area contributed by atoms with Gasteiger partial charge in [-0.05, 0) is 32.3 Å². The third-order valence-electron chi connectivity index (χ3n) is 3.77. The van der Waals surface area contributed by atoms with Crippen LogP contribution >= 0.6 is 11.3 Å². The molecule has 1 aromatic heterocycles. The molecule has 0 aliphatic carbocycles. The van der Waals surface area contributed by atoms with Gasteiger partial charge in [-0.3, -0.25) is 5.41 Å². The Morgan fingerprint density at radius 2 is 2.00 bits per heavy atom. The highest BCUT2D eigenvalue weighted by Gasteiger charge is 2.13. The van der Waals surface area contributed by atoms with E-state index in [1.165, 1.54) is 29.7 Å². The van der Waals surface area contributed by atoms with E-state index in [0.717, 1.165) is 32.7 Å². The normalized spacial score (nSPS) is 11.9. The second kappa shape index (κ2) is 9.16. The Kier molecular flexibility index (Phi) is 6.93. The second-order valence-corrected chi connectivity index (χ2v) is 6.80. The topological polar surface area (TPSA) is 129 Å². The predicted molar refractivity (Wildman–Crippen MR) is 106 cm³/mol. The van der Waals surface area contributed by atoms with Gasteiger partial charge in [-0.1, -0.05) is 47.9 Å². The molecule has 0 saturated heterocycles. The highest BCUT2D eigenvalue weighted by atomic mass is 32.1. The van der Waals surface area contributed by atoms with E-state index in [1.54, 1.807) is 0 Å². The summed E-state index contributed by atoms with van der Waals surface area (Å²) < 4.78 is 0. The summed E-state index contributed by atoms with van der Waals surface area (Å²) in [5, 5.41) is 19.8. The molecule has 1 aromatic carbocycles. The highest BCUT2D eigenvalue weighted by Crippen LogP contribution is 2.29. The molecule has 0 amide bonds. The number of thiazole rings is 1. The number of hydrazone groups is 1. The second-order valence-electron chi connectivity index (χ2n) is 5.80. The summed E-state index contributed by atoms with van der Waals surface area (Å²) in [4.78, 5) is 5.55. The molecule has 2 rings (SSSR count). The molecule has 0 unspecified atom stereocenters. The van der Waals surface area contributed by atoms with Crippen molar-refractivity contribution in [2.45, 2.75) is 40.0 Å². The monoisotopic (exact) mass is 372 g/mol. The van der Waals surface area contributed by atoms with Gasteiger partial charge in [0.05, 0.1) is 16.3 Å². The first kappa shape index (κ1) is 19.7. The summed E-state index contributed by atoms with van der Waals surface area (Å²) >= 11 is 1.54. The number of nitrogens with zero attached hydrogens (tertiary/aromatic N) is 5. The van der Waals surface area contributed by atoms with E-state index >= 15 is 0 Å². The van der Waals surface area contributed by atoms with E-state index in [0.29, 0.717) is 5.71 Å². The molecule has 5 N–H and O–H groups in total. The minimum atomic E-state index is -0.350. The van der Waals surface area contributed by atoms with Crippen LogP contribution in [0.3, 0.4) is 0 Å². The van der Waals surface area contributed by atoms with E-state index in [-0.39, 0.29) is 5.96 Å². The number of hydrogen-bond acceptors (Lipinski definition) is 6. The number of guanidine groups is 1. The van der Waals surface area contributed by atoms with Crippen LogP contribution in [0.1, 0.15) is 42.8 Å². The van der Waals surface area contributed by atoms with Crippen molar-refractivity contribution in [2.24, 2.45) is 27.1 Å². The first-order chi connectivity index (χ1) is 12.5. The van der Waals surface area contributed by atoms with Crippen molar-refractivity contribution < 1.29 is 0 Å². The van der Waals surface area contributed by atoms with Gasteiger partial charge in [0, 0.05) is 5.56 Å². The van der Waals surface area contributed by atoms with Gasteiger partial charge in [0.25, 0.3) is 5.96 Å². The van der Waals surface area contributed by atoms with Gasteiger partial charge in [-0.2, -0.15) is 10.2 Å². The number of hydrogen-bond donors (Lipinski definition) is 3. The number of nitrogens with two attached hydrogens (primary N) is 2. The van der Waals surface area contributed by atoms with Gasteiger partial charge in [-0.25, -0.2) is 10.8 Å². The molecule has 0 spiro atoms. The molecule has 9 heteroatoms. The maximum Gasteiger partial charge on any atom is 0.275 e. The lowest BCUT2D eigenvalue weighted by Crippen LogP contribution is -2.31. The quantitative estimate of drug-likeness (QED) is 0.235. The zero-order chi connectivity index (χ0) is 19.1. The molecule has 0 aliphatic rings. The van der Waals surface area contributed by atoms with Crippen LogP contribution < -0.4 is 11.7 Å². The molecule has 0 saturated carbocycles. The molecule has 0 aliphatic heterocycles. The third kappa shape index (κ3) is 4.93. The minimum absolute atomic E-state index is 0.350. The molecule has 138 valence electrons. The van der Waals surface area contributed by atoms with E-state index in [2.05, 4.69) is 51.6 Å². The number of benzene rings is 1. The molecule has 0 fully saturated rings. The Balaban J connectivity index is 2.21. The lowest BCUT2D eigenvalue weighted by atomic mass is 10.1. The Bertz CT molecular complexity index is 807. The molecule has 0 atom stereocenters. The smallest absolute Gasteiger partial charge is 0.275 e. The predicted octanol–water partition coefficient (Wildman–Crippen LogP) is 3.62. The number of rotatable bonds is 6. The van der Waals surface area contributed by atoms with Crippen LogP contribution in [0.25, 0.3) is 10.6 Å². The van der Waals surface area contributed by atoms with Crippen molar-refractivity contribution in [3.05, 3.63) is 40.4 Å². The maximum atomic E-state index is 7.55. The number of unbranched alkanes of at least 4 members (excludes halogenated alkanes) is 1. The largest absolute Gasteiger partial charge is 0.304 e. The number of aromatic nitrogens is 1. The zero-order valence-electron chi connectivity index (χ0n) is 15.2. The number of hydrazine groups is 1. The standard InChI is InChI=1S/C17H24N8S/c1-4-5-6-13-7-9-14(10-8-13)16-21-11(2)15(26-16)12(3)23-25(20)17(18)22-24-19/h7-10H,4-6,20H2,1-3H3,(H3,18,19,22)/b23-12+. The van der Waals surface area contributed by atoms with Crippen molar-refractivity contribution >= 4 is 23.0 Å². The number of aryl methyl sites for hydroxylation is 2. The highest BCUT2D eigenvalue weighted by molar-refractivity contribution is 7.17. The summed E-state index contributed by atoms with van der Waals surface area (Å²) in [7, 11) is 0. The fraction of sp³-hybridized carbons (Fsp3) is 0.353. The van der Waals surface area contributed by atoms with Crippen LogP contribution in [-0.4, -0.2) is 21.8 Å². The van der Waals surface area contributed by atoms with E-state index in [9.17, 15) is 0 Å². The summed E-state index contributed by atoms with van der Waals surface area (Å²) in [6, 6.07) is 8.52. The number of nitrogens with one attached hydrogen (secondary N) is 1. The van der Waals surface area contributed by atoms with Crippen LogP contribution in [0.2, 0.25) is 0 Å². The van der Waals surface area contributed by atoms with Gasteiger partial charge in [0.15, 0.2) is 0 Å². The van der Waals surface area contributed by atoms with Crippen molar-refractivity contribution in [3.8, 4) is 10.6 Å². The Morgan fingerprint density at radius 3 is 2.62 bits per heavy atom. The first-order valence-electron chi connectivity index (χ1n) is 8.32. The third-order valence-corrected chi connectivity index (χ3v) is 5.09. The van der Waals surface area contributed by atoms with Gasteiger partial charge < -0.3 is 5.84 Å². The minimum Gasteiger partial charge on any atom is -0.304 e. The Labute approximate surface area is 157 Å².